The maximum atomic E-state index is 11.5. The van der Waals surface area contributed by atoms with Gasteiger partial charge in [0.05, 0.1) is 0 Å². The predicted octanol–water partition coefficient (Wildman–Crippen LogP) is 1.06. The third kappa shape index (κ3) is 2.90. The first-order chi connectivity index (χ1) is 7.01. The van der Waals surface area contributed by atoms with Crippen LogP contribution in [0.5, 0.6) is 0 Å². The summed E-state index contributed by atoms with van der Waals surface area (Å²) in [6.45, 7) is 7.85. The molecule has 1 aliphatic rings. The highest BCUT2D eigenvalue weighted by molar-refractivity contribution is 5.79. The smallest absolute Gasteiger partial charge is 0.340 e. The number of hydrogen-bond donors (Lipinski definition) is 0. The van der Waals surface area contributed by atoms with Gasteiger partial charge in [0, 0.05) is 13.2 Å². The Balaban J connectivity index is 2.68. The van der Waals surface area contributed by atoms with E-state index in [0.717, 1.165) is 0 Å². The summed E-state index contributed by atoms with van der Waals surface area (Å²) in [5.74, 6) is -0.433. The first-order valence-corrected chi connectivity index (χ1v) is 5.13. The molecule has 15 heavy (non-hydrogen) atoms. The number of cyclic esters (lactones) is 1. The summed E-state index contributed by atoms with van der Waals surface area (Å²) in [7, 11) is 0. The summed E-state index contributed by atoms with van der Waals surface area (Å²) >= 11 is 0. The molecule has 0 spiro atoms. The zero-order chi connectivity index (χ0) is 11.5. The molecule has 0 amide bonds. The fraction of sp³-hybridized carbons (Fsp3) is 0.900. The van der Waals surface area contributed by atoms with Gasteiger partial charge in [-0.1, -0.05) is 0 Å². The Kier molecular flexibility index (Phi) is 4.07. The summed E-state index contributed by atoms with van der Waals surface area (Å²) in [6, 6.07) is 0. The van der Waals surface area contributed by atoms with E-state index in [-0.39, 0.29) is 0 Å². The first kappa shape index (κ1) is 12.4. The van der Waals surface area contributed by atoms with E-state index in [2.05, 4.69) is 0 Å². The van der Waals surface area contributed by atoms with Gasteiger partial charge in [0.25, 0.3) is 6.29 Å². The lowest BCUT2D eigenvalue weighted by Gasteiger charge is -2.38. The Bertz CT molecular complexity index is 226. The van der Waals surface area contributed by atoms with Crippen molar-refractivity contribution in [2.45, 2.75) is 45.9 Å². The van der Waals surface area contributed by atoms with Gasteiger partial charge in [-0.2, -0.15) is 0 Å². The van der Waals surface area contributed by atoms with Gasteiger partial charge in [-0.05, 0) is 27.7 Å². The highest BCUT2D eigenvalue weighted by atomic mass is 16.8. The fourth-order valence-corrected chi connectivity index (χ4v) is 1.25. The lowest BCUT2D eigenvalue weighted by atomic mass is 10.1. The zero-order valence-electron chi connectivity index (χ0n) is 9.61. The van der Waals surface area contributed by atoms with Crippen molar-refractivity contribution in [2.75, 3.05) is 13.2 Å². The number of esters is 1. The van der Waals surface area contributed by atoms with E-state index in [0.29, 0.717) is 13.2 Å². The summed E-state index contributed by atoms with van der Waals surface area (Å²) in [4.78, 5) is 11.5. The molecule has 1 aliphatic heterocycles. The van der Waals surface area contributed by atoms with Crippen molar-refractivity contribution in [1.29, 1.82) is 0 Å². The molecule has 1 fully saturated rings. The Morgan fingerprint density at radius 1 is 1.20 bits per heavy atom. The lowest BCUT2D eigenvalue weighted by Crippen LogP contribution is -2.54. The maximum absolute atomic E-state index is 11.5. The van der Waals surface area contributed by atoms with E-state index in [1.807, 2.05) is 13.8 Å². The van der Waals surface area contributed by atoms with Crippen molar-refractivity contribution >= 4 is 5.97 Å². The molecule has 0 aliphatic carbocycles. The summed E-state index contributed by atoms with van der Waals surface area (Å²) in [6.07, 6.45) is -1.42. The molecular weight excluding hydrogens is 200 g/mol. The van der Waals surface area contributed by atoms with Crippen molar-refractivity contribution in [3.8, 4) is 0 Å². The minimum atomic E-state index is -0.979. The third-order valence-corrected chi connectivity index (χ3v) is 2.01. The molecule has 0 aromatic rings. The van der Waals surface area contributed by atoms with Crippen molar-refractivity contribution in [3.05, 3.63) is 0 Å². The molecule has 5 heteroatoms. The van der Waals surface area contributed by atoms with Crippen LogP contribution in [-0.2, 0) is 23.7 Å². The van der Waals surface area contributed by atoms with Gasteiger partial charge >= 0.3 is 5.97 Å². The van der Waals surface area contributed by atoms with Gasteiger partial charge in [0.15, 0.2) is 5.60 Å². The predicted molar refractivity (Wildman–Crippen MR) is 52.1 cm³/mol. The first-order valence-electron chi connectivity index (χ1n) is 5.13. The van der Waals surface area contributed by atoms with Crippen LogP contribution >= 0.6 is 0 Å². The second kappa shape index (κ2) is 4.92. The number of rotatable bonds is 4. The second-order valence-corrected chi connectivity index (χ2v) is 3.68. The van der Waals surface area contributed by atoms with Gasteiger partial charge in [0.2, 0.25) is 6.29 Å². The highest BCUT2D eigenvalue weighted by Gasteiger charge is 2.45. The van der Waals surface area contributed by atoms with Gasteiger partial charge in [0.1, 0.15) is 0 Å². The fourth-order valence-electron chi connectivity index (χ4n) is 1.25. The van der Waals surface area contributed by atoms with Crippen molar-refractivity contribution in [2.24, 2.45) is 0 Å². The third-order valence-electron chi connectivity index (χ3n) is 2.01. The van der Waals surface area contributed by atoms with Gasteiger partial charge < -0.3 is 18.9 Å². The van der Waals surface area contributed by atoms with E-state index in [9.17, 15) is 4.79 Å². The molecule has 1 rings (SSSR count). The Hall–Kier alpha value is -0.650. The van der Waals surface area contributed by atoms with Gasteiger partial charge in [-0.15, -0.1) is 0 Å². The number of carbonyl (C=O) groups excluding carboxylic acids is 1. The molecule has 0 unspecified atom stereocenters. The minimum Gasteiger partial charge on any atom is -0.428 e. The molecule has 88 valence electrons. The van der Waals surface area contributed by atoms with E-state index in [1.54, 1.807) is 13.8 Å². The van der Waals surface area contributed by atoms with E-state index in [1.165, 1.54) is 0 Å². The summed E-state index contributed by atoms with van der Waals surface area (Å²) in [5, 5.41) is 0. The summed E-state index contributed by atoms with van der Waals surface area (Å²) < 4.78 is 21.1. The van der Waals surface area contributed by atoms with Crippen LogP contribution in [0.25, 0.3) is 0 Å². The molecular formula is C10H18O5. The number of ether oxygens (including phenoxy) is 4. The van der Waals surface area contributed by atoms with Crippen LogP contribution in [0.1, 0.15) is 27.7 Å². The topological polar surface area (TPSA) is 54.0 Å². The van der Waals surface area contributed by atoms with Crippen LogP contribution in [0, 0.1) is 0 Å². The quantitative estimate of drug-likeness (QED) is 0.660. The molecule has 1 saturated heterocycles. The van der Waals surface area contributed by atoms with Gasteiger partial charge in [-0.25, -0.2) is 4.79 Å². The van der Waals surface area contributed by atoms with Gasteiger partial charge in [-0.3, -0.25) is 0 Å². The van der Waals surface area contributed by atoms with Crippen molar-refractivity contribution in [3.63, 3.8) is 0 Å². The summed E-state index contributed by atoms with van der Waals surface area (Å²) in [5.41, 5.74) is -0.979. The number of carbonyl (C=O) groups is 1. The Morgan fingerprint density at radius 3 is 2.27 bits per heavy atom. The van der Waals surface area contributed by atoms with Crippen LogP contribution in [0.15, 0.2) is 0 Å². The van der Waals surface area contributed by atoms with Crippen molar-refractivity contribution in [1.82, 2.24) is 0 Å². The molecule has 5 nitrogen and oxygen atoms in total. The maximum Gasteiger partial charge on any atom is 0.340 e. The molecule has 0 N–H and O–H groups in total. The van der Waals surface area contributed by atoms with Crippen LogP contribution in [0.3, 0.4) is 0 Å². The Morgan fingerprint density at radius 2 is 1.73 bits per heavy atom. The highest BCUT2D eigenvalue weighted by Crippen LogP contribution is 2.25. The second-order valence-electron chi connectivity index (χ2n) is 3.68. The SMILES string of the molecule is CCO[C@@H]1OC(C)(C)C(=O)O[C@@H]1OCC. The van der Waals surface area contributed by atoms with Crippen LogP contribution < -0.4 is 0 Å². The molecule has 0 bridgehead atoms. The molecule has 0 radical (unpaired) electrons. The number of hydrogen-bond acceptors (Lipinski definition) is 5. The standard InChI is InChI=1S/C10H18O5/c1-5-12-7-8(13-6-2)15-10(3,4)9(11)14-7/h7-8H,5-6H2,1-4H3/t7-,8+/m0/s1. The largest absolute Gasteiger partial charge is 0.428 e. The monoisotopic (exact) mass is 218 g/mol. The normalized spacial score (nSPS) is 30.0. The van der Waals surface area contributed by atoms with E-state index >= 15 is 0 Å². The molecule has 2 atom stereocenters. The van der Waals surface area contributed by atoms with E-state index < -0.39 is 24.2 Å². The molecule has 1 heterocycles. The average molecular weight is 218 g/mol. The van der Waals surface area contributed by atoms with Crippen molar-refractivity contribution < 1.29 is 23.7 Å². The van der Waals surface area contributed by atoms with Crippen LogP contribution in [0.4, 0.5) is 0 Å². The Labute approximate surface area is 89.6 Å². The average Bonchev–Trinajstić information content (AvgIpc) is 2.14. The zero-order valence-corrected chi connectivity index (χ0v) is 9.61. The molecule has 0 aromatic heterocycles. The minimum absolute atomic E-state index is 0.433. The molecule has 0 saturated carbocycles. The van der Waals surface area contributed by atoms with E-state index in [4.69, 9.17) is 18.9 Å². The molecule has 0 aromatic carbocycles. The van der Waals surface area contributed by atoms with Crippen LogP contribution in [0.2, 0.25) is 0 Å². The lowest BCUT2D eigenvalue weighted by molar-refractivity contribution is -0.332. The van der Waals surface area contributed by atoms with Crippen LogP contribution in [-0.4, -0.2) is 37.4 Å².